The molecule has 1 amide bonds. The Morgan fingerprint density at radius 1 is 1.30 bits per heavy atom. The molecule has 0 unspecified atom stereocenters. The van der Waals surface area contributed by atoms with E-state index >= 15 is 0 Å². The van der Waals surface area contributed by atoms with E-state index in [9.17, 15) is 4.79 Å². The fraction of sp³-hybridized carbons (Fsp3) is 0.562. The average Bonchev–Trinajstić information content (AvgIpc) is 2.49. The van der Waals surface area contributed by atoms with Gasteiger partial charge in [-0.05, 0) is 31.5 Å². The molecule has 110 valence electrons. The van der Waals surface area contributed by atoms with E-state index in [1.807, 2.05) is 37.4 Å². The van der Waals surface area contributed by atoms with Crippen LogP contribution in [0.5, 0.6) is 0 Å². The van der Waals surface area contributed by atoms with E-state index in [4.69, 9.17) is 4.74 Å². The monoisotopic (exact) mass is 276 g/mol. The van der Waals surface area contributed by atoms with Crippen LogP contribution in [0.15, 0.2) is 30.3 Å². The normalized spacial score (nSPS) is 16.1. The quantitative estimate of drug-likeness (QED) is 0.861. The maximum absolute atomic E-state index is 12.0. The lowest BCUT2D eigenvalue weighted by Crippen LogP contribution is -2.33. The van der Waals surface area contributed by atoms with Gasteiger partial charge in [0.1, 0.15) is 0 Å². The number of ether oxygens (including phenoxy) is 1. The Bertz CT molecular complexity index is 402. The van der Waals surface area contributed by atoms with Gasteiger partial charge in [0.2, 0.25) is 5.91 Å². The van der Waals surface area contributed by atoms with Crippen LogP contribution in [0.4, 0.5) is 0 Å². The molecule has 1 aliphatic rings. The minimum absolute atomic E-state index is 0.141. The second-order valence-corrected chi connectivity index (χ2v) is 5.31. The first-order valence-corrected chi connectivity index (χ1v) is 7.36. The van der Waals surface area contributed by atoms with Crippen molar-refractivity contribution < 1.29 is 9.53 Å². The number of carbonyl (C=O) groups excluding carboxylic acids is 1. The molecule has 1 heterocycles. The molecule has 1 aromatic carbocycles. The van der Waals surface area contributed by atoms with Crippen LogP contribution in [-0.2, 0) is 16.1 Å². The van der Waals surface area contributed by atoms with E-state index in [-0.39, 0.29) is 5.91 Å². The summed E-state index contributed by atoms with van der Waals surface area (Å²) in [6, 6.07) is 10.0. The predicted molar refractivity (Wildman–Crippen MR) is 79.4 cm³/mol. The Morgan fingerprint density at radius 2 is 2.00 bits per heavy atom. The van der Waals surface area contributed by atoms with Gasteiger partial charge < -0.3 is 15.0 Å². The molecule has 1 saturated heterocycles. The zero-order chi connectivity index (χ0) is 14.2. The summed E-state index contributed by atoms with van der Waals surface area (Å²) in [6.45, 7) is 3.23. The lowest BCUT2D eigenvalue weighted by molar-refractivity contribution is -0.132. The van der Waals surface area contributed by atoms with Crippen LogP contribution < -0.4 is 5.32 Å². The summed E-state index contributed by atoms with van der Waals surface area (Å²) in [7, 11) is 1.85. The van der Waals surface area contributed by atoms with Gasteiger partial charge in [-0.25, -0.2) is 0 Å². The van der Waals surface area contributed by atoms with Crippen LogP contribution >= 0.6 is 0 Å². The van der Waals surface area contributed by atoms with E-state index < -0.39 is 0 Å². The number of carbonyl (C=O) groups is 1. The predicted octanol–water partition coefficient (Wildman–Crippen LogP) is 1.80. The Labute approximate surface area is 121 Å². The van der Waals surface area contributed by atoms with Crippen LogP contribution in [0.1, 0.15) is 24.8 Å². The van der Waals surface area contributed by atoms with Crippen molar-refractivity contribution in [3.63, 3.8) is 0 Å². The average molecular weight is 276 g/mol. The van der Waals surface area contributed by atoms with Crippen molar-refractivity contribution in [2.24, 2.45) is 0 Å². The number of rotatable bonds is 6. The third kappa shape index (κ3) is 4.94. The lowest BCUT2D eigenvalue weighted by atomic mass is 10.1. The van der Waals surface area contributed by atoms with Crippen molar-refractivity contribution in [2.45, 2.75) is 31.9 Å². The molecule has 20 heavy (non-hydrogen) atoms. The highest BCUT2D eigenvalue weighted by Crippen LogP contribution is 2.08. The largest absolute Gasteiger partial charge is 0.378 e. The fourth-order valence-electron chi connectivity index (χ4n) is 2.41. The van der Waals surface area contributed by atoms with Crippen molar-refractivity contribution in [1.82, 2.24) is 10.2 Å². The summed E-state index contributed by atoms with van der Waals surface area (Å²) in [5.41, 5.74) is 1.16. The zero-order valence-electron chi connectivity index (χ0n) is 12.2. The van der Waals surface area contributed by atoms with Gasteiger partial charge >= 0.3 is 0 Å². The highest BCUT2D eigenvalue weighted by Gasteiger charge is 2.14. The van der Waals surface area contributed by atoms with Gasteiger partial charge in [-0.2, -0.15) is 0 Å². The molecule has 4 heteroatoms. The van der Waals surface area contributed by atoms with Crippen molar-refractivity contribution >= 4 is 5.91 Å². The second kappa shape index (κ2) is 8.02. The van der Waals surface area contributed by atoms with Gasteiger partial charge in [-0.3, -0.25) is 4.79 Å². The molecule has 1 aliphatic heterocycles. The molecule has 0 aliphatic carbocycles. The van der Waals surface area contributed by atoms with E-state index in [1.165, 1.54) is 0 Å². The SMILES string of the molecule is CN(Cc1ccccc1)C(=O)CCOC1CCNCC1. The van der Waals surface area contributed by atoms with E-state index in [0.717, 1.165) is 31.5 Å². The van der Waals surface area contributed by atoms with Crippen molar-refractivity contribution in [3.05, 3.63) is 35.9 Å². The summed E-state index contributed by atoms with van der Waals surface area (Å²) in [4.78, 5) is 13.8. The highest BCUT2D eigenvalue weighted by atomic mass is 16.5. The molecule has 1 fully saturated rings. The molecule has 0 spiro atoms. The first kappa shape index (κ1) is 15.0. The Kier molecular flexibility index (Phi) is 6.02. The van der Waals surface area contributed by atoms with E-state index in [0.29, 0.717) is 25.7 Å². The molecule has 0 aromatic heterocycles. The summed E-state index contributed by atoms with van der Waals surface area (Å²) < 4.78 is 5.77. The summed E-state index contributed by atoms with van der Waals surface area (Å²) >= 11 is 0. The van der Waals surface area contributed by atoms with Gasteiger partial charge in [-0.1, -0.05) is 30.3 Å². The third-order valence-electron chi connectivity index (χ3n) is 3.64. The number of amides is 1. The van der Waals surface area contributed by atoms with Gasteiger partial charge in [0.05, 0.1) is 19.1 Å². The van der Waals surface area contributed by atoms with Gasteiger partial charge in [0.15, 0.2) is 0 Å². The van der Waals surface area contributed by atoms with Crippen LogP contribution in [0.3, 0.4) is 0 Å². The number of nitrogens with one attached hydrogen (secondary N) is 1. The summed E-state index contributed by atoms with van der Waals surface area (Å²) in [5.74, 6) is 0.141. The van der Waals surface area contributed by atoms with Crippen molar-refractivity contribution in [3.8, 4) is 0 Å². The van der Waals surface area contributed by atoms with Crippen LogP contribution in [0.25, 0.3) is 0 Å². The number of benzene rings is 1. The number of hydrogen-bond donors (Lipinski definition) is 1. The van der Waals surface area contributed by atoms with Crippen LogP contribution in [0, 0.1) is 0 Å². The highest BCUT2D eigenvalue weighted by molar-refractivity contribution is 5.75. The Hall–Kier alpha value is -1.39. The molecule has 0 saturated carbocycles. The van der Waals surface area contributed by atoms with Gasteiger partial charge in [0, 0.05) is 13.6 Å². The van der Waals surface area contributed by atoms with Crippen molar-refractivity contribution in [2.75, 3.05) is 26.7 Å². The molecule has 0 bridgehead atoms. The number of piperidine rings is 1. The van der Waals surface area contributed by atoms with E-state index in [1.54, 1.807) is 4.90 Å². The standard InChI is InChI=1S/C16H24N2O2/c1-18(13-14-5-3-2-4-6-14)16(19)9-12-20-15-7-10-17-11-8-15/h2-6,15,17H,7-13H2,1H3. The van der Waals surface area contributed by atoms with Crippen LogP contribution in [0.2, 0.25) is 0 Å². The van der Waals surface area contributed by atoms with E-state index in [2.05, 4.69) is 5.32 Å². The topological polar surface area (TPSA) is 41.6 Å². The summed E-state index contributed by atoms with van der Waals surface area (Å²) in [6.07, 6.45) is 2.89. The second-order valence-electron chi connectivity index (χ2n) is 5.31. The number of nitrogens with zero attached hydrogens (tertiary/aromatic N) is 1. The molecule has 2 rings (SSSR count). The Balaban J connectivity index is 1.66. The molecular weight excluding hydrogens is 252 g/mol. The molecule has 4 nitrogen and oxygen atoms in total. The molecule has 1 aromatic rings. The molecule has 0 atom stereocenters. The maximum atomic E-state index is 12.0. The van der Waals surface area contributed by atoms with Gasteiger partial charge in [0.25, 0.3) is 0 Å². The molecule has 1 N–H and O–H groups in total. The maximum Gasteiger partial charge on any atom is 0.224 e. The Morgan fingerprint density at radius 3 is 2.70 bits per heavy atom. The first-order chi connectivity index (χ1) is 9.75. The molecular formula is C16H24N2O2. The van der Waals surface area contributed by atoms with Crippen molar-refractivity contribution in [1.29, 1.82) is 0 Å². The summed E-state index contributed by atoms with van der Waals surface area (Å²) in [5, 5.41) is 3.30. The van der Waals surface area contributed by atoms with Crippen LogP contribution in [-0.4, -0.2) is 43.7 Å². The number of hydrogen-bond acceptors (Lipinski definition) is 3. The fourth-order valence-corrected chi connectivity index (χ4v) is 2.41. The minimum Gasteiger partial charge on any atom is -0.378 e. The smallest absolute Gasteiger partial charge is 0.224 e. The minimum atomic E-state index is 0.141. The lowest BCUT2D eigenvalue weighted by Gasteiger charge is -2.23. The zero-order valence-corrected chi connectivity index (χ0v) is 12.2. The molecule has 0 radical (unpaired) electrons. The first-order valence-electron chi connectivity index (χ1n) is 7.36. The van der Waals surface area contributed by atoms with Gasteiger partial charge in [-0.15, -0.1) is 0 Å². The third-order valence-corrected chi connectivity index (χ3v) is 3.64.